The fourth-order valence-corrected chi connectivity index (χ4v) is 5.81. The molecule has 3 rings (SSSR count). The Morgan fingerprint density at radius 2 is 1.75 bits per heavy atom. The Morgan fingerprint density at radius 3 is 2.33 bits per heavy atom. The average Bonchev–Trinajstić information content (AvgIpc) is 3.06. The summed E-state index contributed by atoms with van der Waals surface area (Å²) in [4.78, 5) is 10.3. The number of aryl methyl sites for hydroxylation is 1. The van der Waals surface area contributed by atoms with Gasteiger partial charge in [0.15, 0.2) is 0 Å². The Hall–Kier alpha value is -1.90. The molecule has 1 atom stereocenters. The molecule has 1 unspecified atom stereocenters. The van der Waals surface area contributed by atoms with Crippen LogP contribution in [0.4, 0.5) is 5.69 Å². The predicted molar refractivity (Wildman–Crippen MR) is 93.4 cm³/mol. The minimum Gasteiger partial charge on any atom is -0.258 e. The summed E-state index contributed by atoms with van der Waals surface area (Å²) in [7, 11) is -3.70. The lowest BCUT2D eigenvalue weighted by molar-refractivity contribution is -0.384. The molecule has 1 heterocycles. The van der Waals surface area contributed by atoms with E-state index in [1.165, 1.54) is 28.6 Å². The van der Waals surface area contributed by atoms with Gasteiger partial charge in [-0.15, -0.1) is 11.8 Å². The van der Waals surface area contributed by atoms with Gasteiger partial charge in [0, 0.05) is 24.4 Å². The van der Waals surface area contributed by atoms with Gasteiger partial charge in [0.05, 0.1) is 15.2 Å². The number of hydrogen-bond acceptors (Lipinski definition) is 5. The van der Waals surface area contributed by atoms with Crippen LogP contribution in [0.5, 0.6) is 0 Å². The van der Waals surface area contributed by atoms with Crippen molar-refractivity contribution in [3.05, 3.63) is 69.8 Å². The molecule has 8 heteroatoms. The molecule has 2 aromatic carbocycles. The molecule has 0 radical (unpaired) electrons. The van der Waals surface area contributed by atoms with Crippen LogP contribution in [0.1, 0.15) is 16.5 Å². The first-order valence-electron chi connectivity index (χ1n) is 7.34. The number of nitrogens with zero attached hydrogens (tertiary/aromatic N) is 2. The Kier molecular flexibility index (Phi) is 4.62. The molecule has 6 nitrogen and oxygen atoms in total. The van der Waals surface area contributed by atoms with E-state index in [0.29, 0.717) is 12.3 Å². The van der Waals surface area contributed by atoms with Gasteiger partial charge in [-0.05, 0) is 24.6 Å². The number of rotatable bonds is 4. The zero-order valence-electron chi connectivity index (χ0n) is 13.0. The molecule has 0 aliphatic carbocycles. The molecule has 1 aliphatic heterocycles. The highest BCUT2D eigenvalue weighted by atomic mass is 32.2. The van der Waals surface area contributed by atoms with Gasteiger partial charge in [-0.2, -0.15) is 4.31 Å². The van der Waals surface area contributed by atoms with Crippen molar-refractivity contribution >= 4 is 27.5 Å². The third-order valence-electron chi connectivity index (χ3n) is 3.87. The molecular weight excluding hydrogens is 348 g/mol. The van der Waals surface area contributed by atoms with Gasteiger partial charge in [-0.1, -0.05) is 29.8 Å². The zero-order valence-corrected chi connectivity index (χ0v) is 14.6. The Labute approximate surface area is 144 Å². The summed E-state index contributed by atoms with van der Waals surface area (Å²) < 4.78 is 27.3. The number of nitro benzene ring substituents is 1. The third-order valence-corrected chi connectivity index (χ3v) is 7.14. The lowest BCUT2D eigenvalue weighted by Crippen LogP contribution is -2.30. The highest BCUT2D eigenvalue weighted by Gasteiger charge is 2.36. The fourth-order valence-electron chi connectivity index (χ4n) is 2.57. The predicted octanol–water partition coefficient (Wildman–Crippen LogP) is 3.34. The maximum atomic E-state index is 12.9. The second kappa shape index (κ2) is 6.54. The molecule has 0 saturated carbocycles. The minimum absolute atomic E-state index is 0.0766. The molecule has 0 amide bonds. The molecule has 0 spiro atoms. The molecule has 2 aromatic rings. The molecule has 126 valence electrons. The summed E-state index contributed by atoms with van der Waals surface area (Å²) in [6.45, 7) is 2.40. The minimum atomic E-state index is -3.70. The average molecular weight is 364 g/mol. The molecule has 1 aliphatic rings. The summed E-state index contributed by atoms with van der Waals surface area (Å²) >= 11 is 1.58. The van der Waals surface area contributed by atoms with Crippen molar-refractivity contribution in [3.63, 3.8) is 0 Å². The SMILES string of the molecule is Cc1ccc(C2SCCN2S(=O)(=O)c2ccc([N+](=O)[O-])cc2)cc1. The van der Waals surface area contributed by atoms with E-state index >= 15 is 0 Å². The molecule has 0 N–H and O–H groups in total. The van der Waals surface area contributed by atoms with Crippen LogP contribution in [0.15, 0.2) is 53.4 Å². The van der Waals surface area contributed by atoms with Crippen molar-refractivity contribution in [2.24, 2.45) is 0 Å². The van der Waals surface area contributed by atoms with E-state index in [1.807, 2.05) is 31.2 Å². The van der Waals surface area contributed by atoms with Crippen LogP contribution in [-0.4, -0.2) is 29.9 Å². The van der Waals surface area contributed by atoms with Crippen molar-refractivity contribution in [2.75, 3.05) is 12.3 Å². The molecular formula is C16H16N2O4S2. The molecule has 1 saturated heterocycles. The van der Waals surface area contributed by atoms with Crippen molar-refractivity contribution in [2.45, 2.75) is 17.2 Å². The fraction of sp³-hybridized carbons (Fsp3) is 0.250. The van der Waals surface area contributed by atoms with Crippen LogP contribution in [0.25, 0.3) is 0 Å². The van der Waals surface area contributed by atoms with Crippen molar-refractivity contribution in [1.29, 1.82) is 0 Å². The summed E-state index contributed by atoms with van der Waals surface area (Å²) in [5, 5.41) is 10.5. The van der Waals surface area contributed by atoms with Crippen LogP contribution in [0.3, 0.4) is 0 Å². The van der Waals surface area contributed by atoms with Crippen LogP contribution >= 0.6 is 11.8 Å². The number of non-ortho nitro benzene ring substituents is 1. The molecule has 1 fully saturated rings. The first-order chi connectivity index (χ1) is 11.4. The lowest BCUT2D eigenvalue weighted by Gasteiger charge is -2.23. The summed E-state index contributed by atoms with van der Waals surface area (Å²) in [5.41, 5.74) is 1.93. The van der Waals surface area contributed by atoms with Crippen LogP contribution in [0.2, 0.25) is 0 Å². The first kappa shape index (κ1) is 16.9. The van der Waals surface area contributed by atoms with E-state index in [9.17, 15) is 18.5 Å². The number of benzene rings is 2. The van der Waals surface area contributed by atoms with Gasteiger partial charge in [0.25, 0.3) is 5.69 Å². The highest BCUT2D eigenvalue weighted by Crippen LogP contribution is 2.41. The van der Waals surface area contributed by atoms with E-state index in [1.54, 1.807) is 11.8 Å². The number of hydrogen-bond donors (Lipinski definition) is 0. The highest BCUT2D eigenvalue weighted by molar-refractivity contribution is 8.01. The summed E-state index contributed by atoms with van der Waals surface area (Å²) in [6, 6.07) is 12.8. The Morgan fingerprint density at radius 1 is 1.12 bits per heavy atom. The van der Waals surface area contributed by atoms with E-state index in [2.05, 4.69) is 0 Å². The Bertz CT molecular complexity index is 849. The number of sulfonamides is 1. The third kappa shape index (κ3) is 3.17. The van der Waals surface area contributed by atoms with E-state index < -0.39 is 14.9 Å². The van der Waals surface area contributed by atoms with Gasteiger partial charge in [-0.25, -0.2) is 8.42 Å². The van der Waals surface area contributed by atoms with Crippen molar-refractivity contribution in [1.82, 2.24) is 4.31 Å². The van der Waals surface area contributed by atoms with Gasteiger partial charge in [-0.3, -0.25) is 10.1 Å². The topological polar surface area (TPSA) is 80.5 Å². The van der Waals surface area contributed by atoms with E-state index in [4.69, 9.17) is 0 Å². The van der Waals surface area contributed by atoms with Gasteiger partial charge in [0.2, 0.25) is 10.0 Å². The van der Waals surface area contributed by atoms with E-state index in [0.717, 1.165) is 11.1 Å². The summed E-state index contributed by atoms with van der Waals surface area (Å²) in [6.07, 6.45) is 0. The second-order valence-electron chi connectivity index (χ2n) is 5.50. The first-order valence-corrected chi connectivity index (χ1v) is 9.83. The molecule has 24 heavy (non-hydrogen) atoms. The maximum Gasteiger partial charge on any atom is 0.269 e. The van der Waals surface area contributed by atoms with Gasteiger partial charge >= 0.3 is 0 Å². The largest absolute Gasteiger partial charge is 0.269 e. The standard InChI is InChI=1S/C16H16N2O4S2/c1-12-2-4-13(5-3-12)16-17(10-11-23-16)24(21,22)15-8-6-14(7-9-15)18(19)20/h2-9,16H,10-11H2,1H3. The van der Waals surface area contributed by atoms with Gasteiger partial charge < -0.3 is 0 Å². The monoisotopic (exact) mass is 364 g/mol. The number of nitro groups is 1. The van der Waals surface area contributed by atoms with Crippen LogP contribution < -0.4 is 0 Å². The quantitative estimate of drug-likeness (QED) is 0.614. The van der Waals surface area contributed by atoms with Crippen LogP contribution in [-0.2, 0) is 10.0 Å². The maximum absolute atomic E-state index is 12.9. The molecule has 0 bridgehead atoms. The zero-order chi connectivity index (χ0) is 17.3. The second-order valence-corrected chi connectivity index (χ2v) is 8.58. The van der Waals surface area contributed by atoms with Crippen LogP contribution in [0, 0.1) is 17.0 Å². The van der Waals surface area contributed by atoms with Gasteiger partial charge in [0.1, 0.15) is 0 Å². The van der Waals surface area contributed by atoms with E-state index in [-0.39, 0.29) is 16.0 Å². The van der Waals surface area contributed by atoms with Crippen molar-refractivity contribution < 1.29 is 13.3 Å². The Balaban J connectivity index is 1.93. The smallest absolute Gasteiger partial charge is 0.258 e. The molecule has 0 aromatic heterocycles. The number of thioether (sulfide) groups is 1. The lowest BCUT2D eigenvalue weighted by atomic mass is 10.1. The van der Waals surface area contributed by atoms with Crippen molar-refractivity contribution in [3.8, 4) is 0 Å². The normalized spacial score (nSPS) is 18.6. The summed E-state index contributed by atoms with van der Waals surface area (Å²) in [5.74, 6) is 0.713.